The molecule has 0 radical (unpaired) electrons. The number of para-hydroxylation sites is 1. The molecule has 0 bridgehead atoms. The van der Waals surface area contributed by atoms with Gasteiger partial charge in [0.2, 0.25) is 5.91 Å². The van der Waals surface area contributed by atoms with Gasteiger partial charge in [-0.1, -0.05) is 42.5 Å². The molecule has 2 heterocycles. The van der Waals surface area contributed by atoms with Crippen LogP contribution in [0.25, 0.3) is 10.2 Å². The Kier molecular flexibility index (Phi) is 10.0. The number of hydrogen-bond donors (Lipinski definition) is 3. The predicted octanol–water partition coefficient (Wildman–Crippen LogP) is 3.37. The number of thiazole rings is 1. The molecule has 1 aromatic heterocycles. The summed E-state index contributed by atoms with van der Waals surface area (Å²) >= 11 is 1.50. The third-order valence-electron chi connectivity index (χ3n) is 6.42. The second kappa shape index (κ2) is 13.4. The number of benzene rings is 2. The van der Waals surface area contributed by atoms with Gasteiger partial charge in [0.05, 0.1) is 21.7 Å². The van der Waals surface area contributed by atoms with Gasteiger partial charge in [-0.05, 0) is 49.8 Å². The molecule has 4 rings (SSSR count). The molecule has 8 nitrogen and oxygen atoms in total. The summed E-state index contributed by atoms with van der Waals surface area (Å²) in [5.74, 6) is -0.673. The molecule has 1 fully saturated rings. The van der Waals surface area contributed by atoms with Crippen molar-refractivity contribution in [1.82, 2.24) is 15.6 Å². The standard InChI is InChI=1S/C27H35N3O5S2/c31-24(27-30-22-10-4-5-12-25(22)36-27)11-6-7-15-28-26(32)23(29-21-13-16-35-17-14-21)19-37(33,34)18-20-8-2-1-3-9-20/h1-5,8-10,12,21,23-24,29,31H,6-7,11,13-19H2,(H,28,32)/t23?,24-/m1/s1. The average Bonchev–Trinajstić information content (AvgIpc) is 3.33. The number of nitrogens with one attached hydrogen (secondary N) is 2. The Morgan fingerprint density at radius 2 is 1.81 bits per heavy atom. The molecular formula is C27H35N3O5S2. The van der Waals surface area contributed by atoms with Crippen LogP contribution < -0.4 is 10.6 Å². The van der Waals surface area contributed by atoms with E-state index in [1.807, 2.05) is 42.5 Å². The van der Waals surface area contributed by atoms with Crippen LogP contribution in [-0.4, -0.2) is 62.0 Å². The lowest BCUT2D eigenvalue weighted by Crippen LogP contribution is -2.53. The summed E-state index contributed by atoms with van der Waals surface area (Å²) < 4.78 is 32.3. The van der Waals surface area contributed by atoms with Gasteiger partial charge in [0.1, 0.15) is 17.2 Å². The molecule has 1 saturated heterocycles. The molecule has 10 heteroatoms. The first-order valence-corrected chi connectivity index (χ1v) is 15.4. The number of fused-ring (bicyclic) bond motifs is 1. The van der Waals surface area contributed by atoms with Crippen molar-refractivity contribution in [3.8, 4) is 0 Å². The molecular weight excluding hydrogens is 510 g/mol. The predicted molar refractivity (Wildman–Crippen MR) is 146 cm³/mol. The lowest BCUT2D eigenvalue weighted by molar-refractivity contribution is -0.123. The monoisotopic (exact) mass is 545 g/mol. The van der Waals surface area contributed by atoms with Crippen molar-refractivity contribution in [1.29, 1.82) is 0 Å². The number of hydrogen-bond acceptors (Lipinski definition) is 8. The van der Waals surface area contributed by atoms with Gasteiger partial charge in [0, 0.05) is 25.8 Å². The number of carbonyl (C=O) groups is 1. The van der Waals surface area contributed by atoms with Crippen molar-refractivity contribution < 1.29 is 23.1 Å². The van der Waals surface area contributed by atoms with Crippen LogP contribution in [0.2, 0.25) is 0 Å². The van der Waals surface area contributed by atoms with E-state index in [1.54, 1.807) is 12.1 Å². The van der Waals surface area contributed by atoms with E-state index in [4.69, 9.17) is 4.74 Å². The van der Waals surface area contributed by atoms with Crippen LogP contribution in [0, 0.1) is 0 Å². The number of aliphatic hydroxyl groups excluding tert-OH is 1. The smallest absolute Gasteiger partial charge is 0.238 e. The fraction of sp³-hybridized carbons (Fsp3) is 0.481. The Morgan fingerprint density at radius 3 is 2.57 bits per heavy atom. The van der Waals surface area contributed by atoms with Gasteiger partial charge in [0.25, 0.3) is 0 Å². The summed E-state index contributed by atoms with van der Waals surface area (Å²) in [6, 6.07) is 16.0. The fourth-order valence-corrected chi connectivity index (χ4v) is 7.00. The molecule has 200 valence electrons. The second-order valence-corrected chi connectivity index (χ2v) is 12.6. The molecule has 0 saturated carbocycles. The number of amides is 1. The molecule has 0 aliphatic carbocycles. The second-order valence-electron chi connectivity index (χ2n) is 9.47. The lowest BCUT2D eigenvalue weighted by Gasteiger charge is -2.28. The number of unbranched alkanes of at least 4 members (excludes halogenated alkanes) is 1. The van der Waals surface area contributed by atoms with Gasteiger partial charge in [-0.3, -0.25) is 4.79 Å². The number of aliphatic hydroxyl groups is 1. The molecule has 2 atom stereocenters. The molecule has 2 aromatic carbocycles. The molecule has 1 amide bonds. The minimum Gasteiger partial charge on any atom is -0.386 e. The van der Waals surface area contributed by atoms with Gasteiger partial charge in [-0.25, -0.2) is 13.4 Å². The summed E-state index contributed by atoms with van der Waals surface area (Å²) in [6.07, 6.45) is 2.78. The van der Waals surface area contributed by atoms with Crippen molar-refractivity contribution in [2.24, 2.45) is 0 Å². The highest BCUT2D eigenvalue weighted by Crippen LogP contribution is 2.28. The van der Waals surface area contributed by atoms with Crippen molar-refractivity contribution in [2.45, 2.75) is 56.0 Å². The van der Waals surface area contributed by atoms with E-state index in [0.29, 0.717) is 49.6 Å². The Bertz CT molecular complexity index is 1210. The quantitative estimate of drug-likeness (QED) is 0.282. The maximum atomic E-state index is 13.0. The zero-order valence-electron chi connectivity index (χ0n) is 20.8. The summed E-state index contributed by atoms with van der Waals surface area (Å²) in [6.45, 7) is 1.61. The van der Waals surface area contributed by atoms with Crippen molar-refractivity contribution in [3.63, 3.8) is 0 Å². The Labute approximate surface area is 222 Å². The molecule has 3 aromatic rings. The van der Waals surface area contributed by atoms with E-state index in [9.17, 15) is 18.3 Å². The first kappa shape index (κ1) is 27.7. The first-order chi connectivity index (χ1) is 17.9. The maximum Gasteiger partial charge on any atom is 0.238 e. The Balaban J connectivity index is 1.27. The third-order valence-corrected chi connectivity index (χ3v) is 9.18. The van der Waals surface area contributed by atoms with Gasteiger partial charge < -0.3 is 20.5 Å². The van der Waals surface area contributed by atoms with Gasteiger partial charge in [0.15, 0.2) is 9.84 Å². The summed E-state index contributed by atoms with van der Waals surface area (Å²) in [5, 5.41) is 17.4. The summed E-state index contributed by atoms with van der Waals surface area (Å²) in [7, 11) is -3.51. The number of sulfone groups is 1. The van der Waals surface area contributed by atoms with E-state index in [1.165, 1.54) is 11.3 Å². The van der Waals surface area contributed by atoms with E-state index < -0.39 is 22.0 Å². The highest BCUT2D eigenvalue weighted by molar-refractivity contribution is 7.90. The van der Waals surface area contributed by atoms with Crippen LogP contribution in [0.15, 0.2) is 54.6 Å². The average molecular weight is 546 g/mol. The SMILES string of the molecule is O=C(NCCCC[C@@H](O)c1nc2ccccc2s1)C(CS(=O)(=O)Cc1ccccc1)NC1CCOCC1. The van der Waals surface area contributed by atoms with Crippen molar-refractivity contribution in [3.05, 3.63) is 65.2 Å². The minimum absolute atomic E-state index is 0.0420. The molecule has 3 N–H and O–H groups in total. The van der Waals surface area contributed by atoms with Gasteiger partial charge in [-0.15, -0.1) is 11.3 Å². The molecule has 37 heavy (non-hydrogen) atoms. The van der Waals surface area contributed by atoms with Crippen LogP contribution in [-0.2, 0) is 25.1 Å². The Morgan fingerprint density at radius 1 is 1.08 bits per heavy atom. The number of carbonyl (C=O) groups excluding carboxylic acids is 1. The first-order valence-electron chi connectivity index (χ1n) is 12.8. The normalized spacial score (nSPS) is 16.5. The summed E-state index contributed by atoms with van der Waals surface area (Å²) in [5.41, 5.74) is 1.60. The number of ether oxygens (including phenoxy) is 1. The largest absolute Gasteiger partial charge is 0.386 e. The van der Waals surface area contributed by atoms with Crippen LogP contribution in [0.5, 0.6) is 0 Å². The summed E-state index contributed by atoms with van der Waals surface area (Å²) in [4.78, 5) is 17.5. The minimum atomic E-state index is -3.51. The zero-order valence-corrected chi connectivity index (χ0v) is 22.5. The van der Waals surface area contributed by atoms with Crippen LogP contribution in [0.3, 0.4) is 0 Å². The molecule has 1 aliphatic rings. The Hall–Kier alpha value is -2.37. The van der Waals surface area contributed by atoms with Gasteiger partial charge >= 0.3 is 0 Å². The van der Waals surface area contributed by atoms with Crippen LogP contribution >= 0.6 is 11.3 Å². The van der Waals surface area contributed by atoms with Gasteiger partial charge in [-0.2, -0.15) is 0 Å². The highest BCUT2D eigenvalue weighted by atomic mass is 32.2. The fourth-order valence-electron chi connectivity index (χ4n) is 4.44. The van der Waals surface area contributed by atoms with Crippen LogP contribution in [0.1, 0.15) is 48.8 Å². The third kappa shape index (κ3) is 8.58. The van der Waals surface area contributed by atoms with Crippen LogP contribution in [0.4, 0.5) is 0 Å². The van der Waals surface area contributed by atoms with E-state index in [0.717, 1.165) is 23.1 Å². The lowest BCUT2D eigenvalue weighted by atomic mass is 10.1. The maximum absolute atomic E-state index is 13.0. The van der Waals surface area contributed by atoms with E-state index in [2.05, 4.69) is 15.6 Å². The zero-order chi connectivity index (χ0) is 26.1. The van der Waals surface area contributed by atoms with E-state index in [-0.39, 0.29) is 23.5 Å². The highest BCUT2D eigenvalue weighted by Gasteiger charge is 2.28. The van der Waals surface area contributed by atoms with Crippen molar-refractivity contribution in [2.75, 3.05) is 25.5 Å². The van der Waals surface area contributed by atoms with Crippen molar-refractivity contribution >= 4 is 37.3 Å². The van der Waals surface area contributed by atoms with E-state index >= 15 is 0 Å². The number of aromatic nitrogens is 1. The topological polar surface area (TPSA) is 118 Å². The number of rotatable bonds is 13. The molecule has 1 unspecified atom stereocenters. The number of nitrogens with zero attached hydrogens (tertiary/aromatic N) is 1. The molecule has 0 spiro atoms. The molecule has 1 aliphatic heterocycles.